The van der Waals surface area contributed by atoms with Gasteiger partial charge in [0.25, 0.3) is 0 Å². The summed E-state index contributed by atoms with van der Waals surface area (Å²) in [6.45, 7) is 2.09. The first-order valence-electron chi connectivity index (χ1n) is 6.97. The molecule has 2 fully saturated rings. The molecule has 0 bridgehead atoms. The first-order valence-corrected chi connectivity index (χ1v) is 6.97. The van der Waals surface area contributed by atoms with E-state index >= 15 is 0 Å². The van der Waals surface area contributed by atoms with Crippen molar-refractivity contribution in [3.8, 4) is 0 Å². The van der Waals surface area contributed by atoms with E-state index in [1.165, 1.54) is 24.2 Å². The van der Waals surface area contributed by atoms with Crippen LogP contribution in [0.25, 0.3) is 0 Å². The van der Waals surface area contributed by atoms with Gasteiger partial charge < -0.3 is 4.90 Å². The second kappa shape index (κ2) is 4.33. The van der Waals surface area contributed by atoms with Gasteiger partial charge >= 0.3 is 0 Å². The van der Waals surface area contributed by atoms with Crippen LogP contribution in [-0.4, -0.2) is 33.1 Å². The van der Waals surface area contributed by atoms with Gasteiger partial charge in [-0.05, 0) is 31.4 Å². The quantitative estimate of drug-likeness (QED) is 0.841. The summed E-state index contributed by atoms with van der Waals surface area (Å²) in [7, 11) is 0. The number of nitrogens with zero attached hydrogens (tertiary/aromatic N) is 5. The highest BCUT2D eigenvalue weighted by molar-refractivity contribution is 5.45. The fraction of sp³-hybridized carbons (Fsp3) is 0.500. The molecule has 1 unspecified atom stereocenters. The molecule has 5 heteroatoms. The second-order valence-electron chi connectivity index (χ2n) is 5.49. The molecule has 1 aliphatic heterocycles. The van der Waals surface area contributed by atoms with Gasteiger partial charge in [-0.1, -0.05) is 5.21 Å². The van der Waals surface area contributed by atoms with Gasteiger partial charge in [0.1, 0.15) is 0 Å². The van der Waals surface area contributed by atoms with E-state index in [4.69, 9.17) is 0 Å². The Labute approximate surface area is 112 Å². The number of aromatic nitrogens is 4. The molecule has 2 aromatic rings. The Morgan fingerprint density at radius 3 is 2.74 bits per heavy atom. The molecule has 0 radical (unpaired) electrons. The van der Waals surface area contributed by atoms with Gasteiger partial charge in [0.2, 0.25) is 0 Å². The Hall–Kier alpha value is -1.91. The van der Waals surface area contributed by atoms with E-state index in [0.717, 1.165) is 19.5 Å². The lowest BCUT2D eigenvalue weighted by Gasteiger charge is -2.18. The van der Waals surface area contributed by atoms with Crippen LogP contribution < -0.4 is 4.90 Å². The van der Waals surface area contributed by atoms with Crippen molar-refractivity contribution in [1.82, 2.24) is 20.0 Å². The van der Waals surface area contributed by atoms with Crippen LogP contribution in [-0.2, 0) is 0 Å². The van der Waals surface area contributed by atoms with Crippen LogP contribution in [0.2, 0.25) is 0 Å². The standard InChI is InChI=1S/C14H17N5/c1-2-11(1)14-10-19(17-16-14)13-5-8-18(9-13)12-3-6-15-7-4-12/h3-4,6-7,10-11,13H,1-2,5,8-9H2. The van der Waals surface area contributed by atoms with Crippen LogP contribution in [0.4, 0.5) is 5.69 Å². The monoisotopic (exact) mass is 255 g/mol. The van der Waals surface area contributed by atoms with Gasteiger partial charge in [-0.3, -0.25) is 4.98 Å². The molecule has 19 heavy (non-hydrogen) atoms. The summed E-state index contributed by atoms with van der Waals surface area (Å²) < 4.78 is 2.06. The largest absolute Gasteiger partial charge is 0.369 e. The van der Waals surface area contributed by atoms with E-state index in [2.05, 4.69) is 43.2 Å². The fourth-order valence-electron chi connectivity index (χ4n) is 2.78. The highest BCUT2D eigenvalue weighted by Gasteiger charge is 2.29. The number of pyridine rings is 1. The summed E-state index contributed by atoms with van der Waals surface area (Å²) in [6.07, 6.45) is 9.56. The summed E-state index contributed by atoms with van der Waals surface area (Å²) in [4.78, 5) is 6.46. The third-order valence-corrected chi connectivity index (χ3v) is 4.09. The van der Waals surface area contributed by atoms with Crippen LogP contribution in [0.3, 0.4) is 0 Å². The minimum atomic E-state index is 0.452. The first-order chi connectivity index (χ1) is 9.40. The number of rotatable bonds is 3. The SMILES string of the molecule is c1cc(N2CCC(n3cc(C4CC4)nn3)C2)ccn1. The zero-order valence-corrected chi connectivity index (χ0v) is 10.8. The molecule has 1 atom stereocenters. The van der Waals surface area contributed by atoms with Crippen molar-refractivity contribution in [1.29, 1.82) is 0 Å². The zero-order chi connectivity index (χ0) is 12.7. The van der Waals surface area contributed by atoms with E-state index in [1.54, 1.807) is 0 Å². The molecular formula is C14H17N5. The maximum absolute atomic E-state index is 4.32. The van der Waals surface area contributed by atoms with Crippen molar-refractivity contribution in [2.75, 3.05) is 18.0 Å². The van der Waals surface area contributed by atoms with Crippen LogP contribution in [0.1, 0.15) is 36.9 Å². The summed E-state index contributed by atoms with van der Waals surface area (Å²) in [5, 5.41) is 8.62. The van der Waals surface area contributed by atoms with E-state index in [9.17, 15) is 0 Å². The lowest BCUT2D eigenvalue weighted by Crippen LogP contribution is -2.21. The molecule has 2 aromatic heterocycles. The fourth-order valence-corrected chi connectivity index (χ4v) is 2.78. The molecule has 2 aliphatic rings. The zero-order valence-electron chi connectivity index (χ0n) is 10.8. The predicted molar refractivity (Wildman–Crippen MR) is 72.1 cm³/mol. The average Bonchev–Trinajstić information content (AvgIpc) is 3.01. The predicted octanol–water partition coefficient (Wildman–Crippen LogP) is 2.00. The second-order valence-corrected chi connectivity index (χ2v) is 5.49. The lowest BCUT2D eigenvalue weighted by atomic mass is 10.2. The molecule has 1 aliphatic carbocycles. The van der Waals surface area contributed by atoms with Gasteiger partial charge in [-0.15, -0.1) is 5.10 Å². The number of hydrogen-bond acceptors (Lipinski definition) is 4. The summed E-state index contributed by atoms with van der Waals surface area (Å²) in [5.74, 6) is 0.687. The molecule has 5 nitrogen and oxygen atoms in total. The van der Waals surface area contributed by atoms with Crippen molar-refractivity contribution in [3.63, 3.8) is 0 Å². The minimum absolute atomic E-state index is 0.452. The van der Waals surface area contributed by atoms with E-state index in [1.807, 2.05) is 12.4 Å². The smallest absolute Gasteiger partial charge is 0.0858 e. The van der Waals surface area contributed by atoms with Crippen molar-refractivity contribution >= 4 is 5.69 Å². The lowest BCUT2D eigenvalue weighted by molar-refractivity contribution is 0.479. The maximum Gasteiger partial charge on any atom is 0.0858 e. The summed E-state index contributed by atoms with van der Waals surface area (Å²) in [5.41, 5.74) is 2.43. The molecule has 4 rings (SSSR count). The van der Waals surface area contributed by atoms with E-state index < -0.39 is 0 Å². The van der Waals surface area contributed by atoms with E-state index in [0.29, 0.717) is 12.0 Å². The first kappa shape index (κ1) is 11.0. The third kappa shape index (κ3) is 2.09. The molecule has 98 valence electrons. The summed E-state index contributed by atoms with van der Waals surface area (Å²) in [6, 6.07) is 4.59. The van der Waals surface area contributed by atoms with Crippen molar-refractivity contribution in [2.45, 2.75) is 31.2 Å². The molecular weight excluding hydrogens is 238 g/mol. The van der Waals surface area contributed by atoms with Crippen LogP contribution in [0.15, 0.2) is 30.7 Å². The average molecular weight is 255 g/mol. The number of anilines is 1. The molecule has 1 saturated carbocycles. The Balaban J connectivity index is 1.48. The Morgan fingerprint density at radius 2 is 1.95 bits per heavy atom. The normalized spacial score (nSPS) is 22.9. The van der Waals surface area contributed by atoms with Crippen LogP contribution >= 0.6 is 0 Å². The minimum Gasteiger partial charge on any atom is -0.369 e. The molecule has 3 heterocycles. The molecule has 1 saturated heterocycles. The Morgan fingerprint density at radius 1 is 1.11 bits per heavy atom. The Kier molecular flexibility index (Phi) is 2.50. The summed E-state index contributed by atoms with van der Waals surface area (Å²) >= 11 is 0. The number of hydrogen-bond donors (Lipinski definition) is 0. The Bertz CT molecular complexity index is 560. The topological polar surface area (TPSA) is 46.8 Å². The van der Waals surface area contributed by atoms with Gasteiger partial charge in [0.15, 0.2) is 0 Å². The third-order valence-electron chi connectivity index (χ3n) is 4.09. The maximum atomic E-state index is 4.32. The van der Waals surface area contributed by atoms with Gasteiger partial charge in [0, 0.05) is 43.3 Å². The molecule has 0 aromatic carbocycles. The molecule has 0 spiro atoms. The molecule has 0 N–H and O–H groups in total. The van der Waals surface area contributed by atoms with Gasteiger partial charge in [-0.2, -0.15) is 0 Å². The van der Waals surface area contributed by atoms with Crippen molar-refractivity contribution < 1.29 is 0 Å². The van der Waals surface area contributed by atoms with Crippen LogP contribution in [0, 0.1) is 0 Å². The van der Waals surface area contributed by atoms with Gasteiger partial charge in [0.05, 0.1) is 11.7 Å². The van der Waals surface area contributed by atoms with Crippen molar-refractivity contribution in [3.05, 3.63) is 36.4 Å². The molecule has 0 amide bonds. The highest BCUT2D eigenvalue weighted by atomic mass is 15.4. The highest BCUT2D eigenvalue weighted by Crippen LogP contribution is 2.39. The van der Waals surface area contributed by atoms with Crippen molar-refractivity contribution in [2.24, 2.45) is 0 Å². The van der Waals surface area contributed by atoms with Crippen LogP contribution in [0.5, 0.6) is 0 Å². The van der Waals surface area contributed by atoms with E-state index in [-0.39, 0.29) is 0 Å². The van der Waals surface area contributed by atoms with Gasteiger partial charge in [-0.25, -0.2) is 4.68 Å².